The van der Waals surface area contributed by atoms with Crippen molar-refractivity contribution >= 4 is 39.5 Å². The summed E-state index contributed by atoms with van der Waals surface area (Å²) in [5.74, 6) is -2.05. The summed E-state index contributed by atoms with van der Waals surface area (Å²) in [4.78, 5) is 16.7. The molecule has 0 radical (unpaired) electrons. The third-order valence-electron chi connectivity index (χ3n) is 2.61. The fourth-order valence-electron chi connectivity index (χ4n) is 1.74. The van der Waals surface area contributed by atoms with E-state index in [0.29, 0.717) is 4.96 Å². The number of benzene rings is 1. The van der Waals surface area contributed by atoms with Crippen LogP contribution in [0.2, 0.25) is 5.15 Å². The van der Waals surface area contributed by atoms with Crippen LogP contribution in [0, 0.1) is 11.6 Å². The lowest BCUT2D eigenvalue weighted by Crippen LogP contribution is -2.15. The van der Waals surface area contributed by atoms with Crippen molar-refractivity contribution in [2.75, 3.05) is 5.32 Å². The van der Waals surface area contributed by atoms with Gasteiger partial charge in [-0.2, -0.15) is 0 Å². The molecule has 0 fully saturated rings. The molecular formula is C12H6ClF2N3OS. The van der Waals surface area contributed by atoms with Crippen molar-refractivity contribution in [2.24, 2.45) is 0 Å². The van der Waals surface area contributed by atoms with Crippen LogP contribution in [0.4, 0.5) is 14.5 Å². The van der Waals surface area contributed by atoms with E-state index >= 15 is 0 Å². The van der Waals surface area contributed by atoms with Gasteiger partial charge in [0.2, 0.25) is 0 Å². The number of rotatable bonds is 2. The van der Waals surface area contributed by atoms with Gasteiger partial charge in [0.05, 0.1) is 5.69 Å². The van der Waals surface area contributed by atoms with Crippen LogP contribution in [0.25, 0.3) is 4.96 Å². The van der Waals surface area contributed by atoms with Crippen molar-refractivity contribution in [1.29, 1.82) is 0 Å². The highest BCUT2D eigenvalue weighted by atomic mass is 35.5. The van der Waals surface area contributed by atoms with E-state index in [9.17, 15) is 13.6 Å². The maximum Gasteiger partial charge on any atom is 0.276 e. The van der Waals surface area contributed by atoms with Gasteiger partial charge in [0.1, 0.15) is 11.6 Å². The Morgan fingerprint density at radius 2 is 2.20 bits per heavy atom. The molecule has 0 unspecified atom stereocenters. The number of nitrogens with zero attached hydrogens (tertiary/aromatic N) is 2. The number of carbonyl (C=O) groups is 1. The molecule has 8 heteroatoms. The monoisotopic (exact) mass is 313 g/mol. The molecular weight excluding hydrogens is 308 g/mol. The standard InChI is InChI=1S/C12H6ClF2N3OS/c13-10-9(18-3-4-20-12(18)17-10)11(19)16-8-5-6(14)1-2-7(8)15/h1-5H,(H,16,19). The van der Waals surface area contributed by atoms with Gasteiger partial charge in [-0.3, -0.25) is 9.20 Å². The molecule has 0 aliphatic carbocycles. The number of aromatic nitrogens is 2. The summed E-state index contributed by atoms with van der Waals surface area (Å²) in [6.07, 6.45) is 1.62. The summed E-state index contributed by atoms with van der Waals surface area (Å²) in [5, 5.41) is 4.02. The average molecular weight is 314 g/mol. The zero-order valence-corrected chi connectivity index (χ0v) is 11.3. The van der Waals surface area contributed by atoms with Crippen molar-refractivity contribution in [2.45, 2.75) is 0 Å². The van der Waals surface area contributed by atoms with Crippen LogP contribution in [0.1, 0.15) is 10.5 Å². The predicted octanol–water partition coefficient (Wildman–Crippen LogP) is 3.58. The first-order chi connectivity index (χ1) is 9.56. The van der Waals surface area contributed by atoms with Crippen molar-refractivity contribution < 1.29 is 13.6 Å². The Bertz CT molecular complexity index is 814. The smallest absolute Gasteiger partial charge is 0.276 e. The van der Waals surface area contributed by atoms with E-state index in [-0.39, 0.29) is 16.5 Å². The molecule has 1 amide bonds. The number of anilines is 1. The highest BCUT2D eigenvalue weighted by molar-refractivity contribution is 7.15. The minimum atomic E-state index is -0.734. The quantitative estimate of drug-likeness (QED) is 0.786. The maximum absolute atomic E-state index is 13.5. The molecule has 1 N–H and O–H groups in total. The lowest BCUT2D eigenvalue weighted by molar-refractivity contribution is 0.102. The van der Waals surface area contributed by atoms with Crippen LogP contribution in [0.5, 0.6) is 0 Å². The van der Waals surface area contributed by atoms with Gasteiger partial charge in [0.15, 0.2) is 15.8 Å². The van der Waals surface area contributed by atoms with E-state index in [1.54, 1.807) is 11.6 Å². The fourth-order valence-corrected chi connectivity index (χ4v) is 2.76. The van der Waals surface area contributed by atoms with E-state index in [0.717, 1.165) is 18.2 Å². The Balaban J connectivity index is 1.99. The van der Waals surface area contributed by atoms with Gasteiger partial charge < -0.3 is 5.32 Å². The Morgan fingerprint density at radius 1 is 1.40 bits per heavy atom. The Hall–Kier alpha value is -1.99. The number of imidazole rings is 1. The molecule has 2 heterocycles. The summed E-state index contributed by atoms with van der Waals surface area (Å²) in [7, 11) is 0. The lowest BCUT2D eigenvalue weighted by Gasteiger charge is -2.06. The summed E-state index contributed by atoms with van der Waals surface area (Å²) in [5.41, 5.74) is -0.178. The summed E-state index contributed by atoms with van der Waals surface area (Å²) < 4.78 is 28.0. The number of fused-ring (bicyclic) bond motifs is 1. The normalized spacial score (nSPS) is 10.9. The topological polar surface area (TPSA) is 46.4 Å². The number of carbonyl (C=O) groups excluding carboxylic acids is 1. The zero-order valence-electron chi connectivity index (χ0n) is 9.73. The van der Waals surface area contributed by atoms with Crippen LogP contribution in [-0.4, -0.2) is 15.3 Å². The molecule has 0 bridgehead atoms. The van der Waals surface area contributed by atoms with Gasteiger partial charge >= 0.3 is 0 Å². The van der Waals surface area contributed by atoms with E-state index < -0.39 is 17.5 Å². The first-order valence-corrected chi connectivity index (χ1v) is 6.69. The van der Waals surface area contributed by atoms with Gasteiger partial charge in [-0.05, 0) is 12.1 Å². The molecule has 2 aromatic heterocycles. The third kappa shape index (κ3) is 2.14. The molecule has 0 aliphatic rings. The first-order valence-electron chi connectivity index (χ1n) is 5.43. The van der Waals surface area contributed by atoms with Gasteiger partial charge in [-0.15, -0.1) is 11.3 Å². The summed E-state index contributed by atoms with van der Waals surface area (Å²) >= 11 is 7.19. The number of nitrogens with one attached hydrogen (secondary N) is 1. The summed E-state index contributed by atoms with van der Waals surface area (Å²) in [6, 6.07) is 2.80. The van der Waals surface area contributed by atoms with E-state index in [4.69, 9.17) is 11.6 Å². The second kappa shape index (κ2) is 4.84. The minimum absolute atomic E-state index is 0.00570. The Morgan fingerprint density at radius 3 is 3.00 bits per heavy atom. The van der Waals surface area contributed by atoms with E-state index in [1.807, 2.05) is 0 Å². The van der Waals surface area contributed by atoms with Crippen molar-refractivity contribution in [3.8, 4) is 0 Å². The molecule has 3 rings (SSSR count). The van der Waals surface area contributed by atoms with Crippen LogP contribution < -0.4 is 5.32 Å². The molecule has 0 saturated carbocycles. The number of amides is 1. The third-order valence-corrected chi connectivity index (χ3v) is 3.63. The Kier molecular flexibility index (Phi) is 3.15. The van der Waals surface area contributed by atoms with E-state index in [2.05, 4.69) is 10.3 Å². The van der Waals surface area contributed by atoms with Crippen LogP contribution in [0.3, 0.4) is 0 Å². The molecule has 102 valence electrons. The lowest BCUT2D eigenvalue weighted by atomic mass is 10.3. The highest BCUT2D eigenvalue weighted by Gasteiger charge is 2.20. The van der Waals surface area contributed by atoms with Gasteiger partial charge in [0, 0.05) is 17.6 Å². The van der Waals surface area contributed by atoms with Gasteiger partial charge in [-0.1, -0.05) is 11.6 Å². The molecule has 3 aromatic rings. The maximum atomic E-state index is 13.5. The van der Waals surface area contributed by atoms with Crippen LogP contribution in [-0.2, 0) is 0 Å². The number of hydrogen-bond donors (Lipinski definition) is 1. The van der Waals surface area contributed by atoms with Crippen LogP contribution >= 0.6 is 22.9 Å². The molecule has 1 aromatic carbocycles. The molecule has 0 saturated heterocycles. The predicted molar refractivity (Wildman–Crippen MR) is 72.4 cm³/mol. The van der Waals surface area contributed by atoms with Crippen molar-refractivity contribution in [3.05, 3.63) is 52.3 Å². The first kappa shape index (κ1) is 13.0. The fraction of sp³-hybridized carbons (Fsp3) is 0. The molecule has 0 atom stereocenters. The average Bonchev–Trinajstić information content (AvgIpc) is 2.93. The van der Waals surface area contributed by atoms with Gasteiger partial charge in [-0.25, -0.2) is 13.8 Å². The second-order valence-electron chi connectivity index (χ2n) is 3.89. The number of thiazole rings is 1. The second-order valence-corrected chi connectivity index (χ2v) is 5.12. The summed E-state index contributed by atoms with van der Waals surface area (Å²) in [6.45, 7) is 0. The SMILES string of the molecule is O=C(Nc1cc(F)ccc1F)c1c(Cl)nc2sccn12. The van der Waals surface area contributed by atoms with E-state index in [1.165, 1.54) is 15.7 Å². The molecule has 0 spiro atoms. The molecule has 20 heavy (non-hydrogen) atoms. The highest BCUT2D eigenvalue weighted by Crippen LogP contribution is 2.23. The minimum Gasteiger partial charge on any atom is -0.318 e. The number of halogens is 3. The largest absolute Gasteiger partial charge is 0.318 e. The van der Waals surface area contributed by atoms with Crippen molar-refractivity contribution in [3.63, 3.8) is 0 Å². The van der Waals surface area contributed by atoms with Crippen molar-refractivity contribution in [1.82, 2.24) is 9.38 Å². The van der Waals surface area contributed by atoms with Crippen LogP contribution in [0.15, 0.2) is 29.8 Å². The zero-order chi connectivity index (χ0) is 14.3. The van der Waals surface area contributed by atoms with Gasteiger partial charge in [0.25, 0.3) is 5.91 Å². The molecule has 4 nitrogen and oxygen atoms in total. The Labute approximate surface area is 120 Å². The number of hydrogen-bond acceptors (Lipinski definition) is 3. The molecule has 0 aliphatic heterocycles.